The average molecular weight is 303 g/mol. The minimum Gasteiger partial charge on any atom is -0.444 e. The van der Waals surface area contributed by atoms with Crippen molar-refractivity contribution < 1.29 is 14.3 Å². The minimum atomic E-state index is -0.950. The molecule has 1 aliphatic carbocycles. The molecule has 1 aromatic carbocycles. The molecule has 1 N–H and O–H groups in total. The third-order valence-corrected chi connectivity index (χ3v) is 3.94. The number of hydrogen-bond acceptors (Lipinski definition) is 3. The number of ether oxygens (including phenoxy) is 1. The third kappa shape index (κ3) is 3.67. The number of hydrogen-bond donors (Lipinski definition) is 1. The van der Waals surface area contributed by atoms with Crippen LogP contribution < -0.4 is 5.32 Å². The molecule has 1 fully saturated rings. The van der Waals surface area contributed by atoms with Gasteiger partial charge in [0.1, 0.15) is 11.1 Å². The van der Waals surface area contributed by atoms with E-state index in [1.807, 2.05) is 52.0 Å². The van der Waals surface area contributed by atoms with Gasteiger partial charge in [-0.2, -0.15) is 0 Å². The van der Waals surface area contributed by atoms with Crippen molar-refractivity contribution in [2.24, 2.45) is 0 Å². The molecule has 4 heteroatoms. The Morgan fingerprint density at radius 2 is 1.82 bits per heavy atom. The van der Waals surface area contributed by atoms with Crippen LogP contribution in [-0.2, 0) is 15.1 Å². The van der Waals surface area contributed by atoms with Crippen LogP contribution in [0.3, 0.4) is 0 Å². The van der Waals surface area contributed by atoms with Crippen molar-refractivity contribution in [1.29, 1.82) is 0 Å². The van der Waals surface area contributed by atoms with Gasteiger partial charge in [0.2, 0.25) is 0 Å². The molecule has 4 nitrogen and oxygen atoms in total. The summed E-state index contributed by atoms with van der Waals surface area (Å²) < 4.78 is 5.36. The monoisotopic (exact) mass is 303 g/mol. The summed E-state index contributed by atoms with van der Waals surface area (Å²) in [5, 5.41) is 2.86. The molecule has 22 heavy (non-hydrogen) atoms. The van der Waals surface area contributed by atoms with Gasteiger partial charge >= 0.3 is 6.09 Å². The molecule has 0 heterocycles. The molecule has 1 aliphatic rings. The van der Waals surface area contributed by atoms with Crippen LogP contribution in [-0.4, -0.2) is 17.5 Å². The van der Waals surface area contributed by atoms with Gasteiger partial charge in [-0.25, -0.2) is 4.79 Å². The molecule has 1 atom stereocenters. The molecule has 0 saturated heterocycles. The maximum atomic E-state index is 12.6. The molecular formula is C18H25NO3. The SMILES string of the molecule is Cc1ccc([C@]2(NC(=O)OC(C)(C)C)CCCCC2=O)cc1. The van der Waals surface area contributed by atoms with Gasteiger partial charge in [0.15, 0.2) is 5.78 Å². The van der Waals surface area contributed by atoms with Crippen LogP contribution in [0.5, 0.6) is 0 Å². The van der Waals surface area contributed by atoms with Gasteiger partial charge < -0.3 is 10.1 Å². The molecule has 1 amide bonds. The fourth-order valence-electron chi connectivity index (χ4n) is 2.85. The van der Waals surface area contributed by atoms with Gasteiger partial charge in [-0.1, -0.05) is 29.8 Å². The van der Waals surface area contributed by atoms with Crippen LogP contribution >= 0.6 is 0 Å². The topological polar surface area (TPSA) is 55.4 Å². The summed E-state index contributed by atoms with van der Waals surface area (Å²) in [6.45, 7) is 7.44. The van der Waals surface area contributed by atoms with Gasteiger partial charge in [0, 0.05) is 6.42 Å². The Morgan fingerprint density at radius 1 is 1.18 bits per heavy atom. The number of Topliss-reactive ketones (excluding diaryl/α,β-unsaturated/α-hetero) is 1. The smallest absolute Gasteiger partial charge is 0.408 e. The molecule has 0 unspecified atom stereocenters. The fraction of sp³-hybridized carbons (Fsp3) is 0.556. The van der Waals surface area contributed by atoms with E-state index < -0.39 is 17.2 Å². The molecule has 120 valence electrons. The number of amides is 1. The van der Waals surface area contributed by atoms with Crippen LogP contribution in [0.2, 0.25) is 0 Å². The number of alkyl carbamates (subject to hydrolysis) is 1. The molecule has 0 aromatic heterocycles. The number of ketones is 1. The molecular weight excluding hydrogens is 278 g/mol. The van der Waals surface area contributed by atoms with E-state index in [4.69, 9.17) is 4.74 Å². The lowest BCUT2D eigenvalue weighted by Crippen LogP contribution is -2.54. The Labute approximate surface area is 132 Å². The Bertz CT molecular complexity index is 557. The van der Waals surface area contributed by atoms with Crippen LogP contribution in [0.1, 0.15) is 57.6 Å². The first kappa shape index (κ1) is 16.5. The van der Waals surface area contributed by atoms with E-state index in [1.54, 1.807) is 0 Å². The number of nitrogens with one attached hydrogen (secondary N) is 1. The number of carbonyl (C=O) groups is 2. The van der Waals surface area contributed by atoms with Crippen molar-refractivity contribution in [2.45, 2.75) is 64.5 Å². The Kier molecular flexibility index (Phi) is 4.59. The second-order valence-electron chi connectivity index (χ2n) is 7.03. The third-order valence-electron chi connectivity index (χ3n) is 3.94. The summed E-state index contributed by atoms with van der Waals surface area (Å²) in [4.78, 5) is 24.9. The van der Waals surface area contributed by atoms with Gasteiger partial charge in [-0.15, -0.1) is 0 Å². The van der Waals surface area contributed by atoms with E-state index in [0.29, 0.717) is 12.8 Å². The second kappa shape index (κ2) is 6.11. The number of aryl methyl sites for hydroxylation is 1. The summed E-state index contributed by atoms with van der Waals surface area (Å²) in [6.07, 6.45) is 2.36. The van der Waals surface area contributed by atoms with Gasteiger partial charge in [0.05, 0.1) is 0 Å². The standard InChI is InChI=1S/C18H25NO3/c1-13-8-10-14(11-9-13)18(12-6-5-7-15(18)20)19-16(21)22-17(2,3)4/h8-11H,5-7,12H2,1-4H3,(H,19,21)/t18-/m1/s1. The maximum absolute atomic E-state index is 12.6. The van der Waals surface area contributed by atoms with Crippen LogP contribution in [0.15, 0.2) is 24.3 Å². The molecule has 2 rings (SSSR count). The summed E-state index contributed by atoms with van der Waals surface area (Å²) in [5.74, 6) is 0.0634. The zero-order chi connectivity index (χ0) is 16.4. The van der Waals surface area contributed by atoms with E-state index in [1.165, 1.54) is 0 Å². The van der Waals surface area contributed by atoms with Gasteiger partial charge in [0.25, 0.3) is 0 Å². The van der Waals surface area contributed by atoms with E-state index in [-0.39, 0.29) is 5.78 Å². The summed E-state index contributed by atoms with van der Waals surface area (Å²) >= 11 is 0. The number of benzene rings is 1. The van der Waals surface area contributed by atoms with Gasteiger partial charge in [-0.05, 0) is 52.5 Å². The van der Waals surface area contributed by atoms with E-state index in [0.717, 1.165) is 24.0 Å². The lowest BCUT2D eigenvalue weighted by atomic mass is 9.75. The summed E-state index contributed by atoms with van der Waals surface area (Å²) in [6, 6.07) is 7.79. The van der Waals surface area contributed by atoms with E-state index in [9.17, 15) is 9.59 Å². The molecule has 1 aromatic rings. The maximum Gasteiger partial charge on any atom is 0.408 e. The highest BCUT2D eigenvalue weighted by Gasteiger charge is 2.43. The fourth-order valence-corrected chi connectivity index (χ4v) is 2.85. The molecule has 0 radical (unpaired) electrons. The van der Waals surface area contributed by atoms with E-state index in [2.05, 4.69) is 5.32 Å². The Hall–Kier alpha value is -1.84. The highest BCUT2D eigenvalue weighted by molar-refractivity contribution is 5.93. The van der Waals surface area contributed by atoms with Crippen molar-refractivity contribution >= 4 is 11.9 Å². The minimum absolute atomic E-state index is 0.0634. The quantitative estimate of drug-likeness (QED) is 0.902. The number of rotatable bonds is 2. The van der Waals surface area contributed by atoms with Crippen molar-refractivity contribution in [3.05, 3.63) is 35.4 Å². The van der Waals surface area contributed by atoms with Crippen LogP contribution in [0.25, 0.3) is 0 Å². The number of carbonyl (C=O) groups excluding carboxylic acids is 2. The molecule has 1 saturated carbocycles. The molecule has 0 aliphatic heterocycles. The van der Waals surface area contributed by atoms with Crippen molar-refractivity contribution in [2.75, 3.05) is 0 Å². The first-order valence-corrected chi connectivity index (χ1v) is 7.84. The van der Waals surface area contributed by atoms with Crippen molar-refractivity contribution in [3.63, 3.8) is 0 Å². The predicted octanol–water partition coefficient (Wildman–Crippen LogP) is 3.86. The molecule has 0 spiro atoms. The lowest BCUT2D eigenvalue weighted by Gasteiger charge is -2.37. The first-order valence-electron chi connectivity index (χ1n) is 7.84. The van der Waals surface area contributed by atoms with E-state index >= 15 is 0 Å². The van der Waals surface area contributed by atoms with Crippen molar-refractivity contribution in [3.8, 4) is 0 Å². The highest BCUT2D eigenvalue weighted by atomic mass is 16.6. The summed E-state index contributed by atoms with van der Waals surface area (Å²) in [5.41, 5.74) is 0.429. The average Bonchev–Trinajstić information content (AvgIpc) is 2.40. The van der Waals surface area contributed by atoms with Crippen LogP contribution in [0.4, 0.5) is 4.79 Å². The van der Waals surface area contributed by atoms with Crippen molar-refractivity contribution in [1.82, 2.24) is 5.32 Å². The predicted molar refractivity (Wildman–Crippen MR) is 85.7 cm³/mol. The highest BCUT2D eigenvalue weighted by Crippen LogP contribution is 2.35. The largest absolute Gasteiger partial charge is 0.444 e. The second-order valence-corrected chi connectivity index (χ2v) is 7.03. The Morgan fingerprint density at radius 3 is 2.36 bits per heavy atom. The Balaban J connectivity index is 2.32. The zero-order valence-electron chi connectivity index (χ0n) is 13.9. The normalized spacial score (nSPS) is 22.3. The first-order chi connectivity index (χ1) is 10.2. The lowest BCUT2D eigenvalue weighted by molar-refractivity contribution is -0.128. The summed E-state index contributed by atoms with van der Waals surface area (Å²) in [7, 11) is 0. The van der Waals surface area contributed by atoms with Gasteiger partial charge in [-0.3, -0.25) is 4.79 Å². The van der Waals surface area contributed by atoms with Crippen LogP contribution in [0, 0.1) is 6.92 Å². The zero-order valence-corrected chi connectivity index (χ0v) is 13.9. The molecule has 0 bridgehead atoms.